The van der Waals surface area contributed by atoms with Gasteiger partial charge in [-0.1, -0.05) is 25.4 Å². The van der Waals surface area contributed by atoms with Gasteiger partial charge in [-0.15, -0.1) is 0 Å². The average molecular weight is 521 g/mol. The Balaban J connectivity index is 1.74. The largest absolute Gasteiger partial charge is 0.491 e. The second-order valence-corrected chi connectivity index (χ2v) is 10.3. The fourth-order valence-electron chi connectivity index (χ4n) is 4.50. The van der Waals surface area contributed by atoms with Crippen molar-refractivity contribution in [3.8, 4) is 5.75 Å². The van der Waals surface area contributed by atoms with Crippen LogP contribution in [0.25, 0.3) is 0 Å². The molecule has 1 aromatic carbocycles. The van der Waals surface area contributed by atoms with E-state index in [0.717, 1.165) is 0 Å². The third-order valence-electron chi connectivity index (χ3n) is 6.83. The normalized spacial score (nSPS) is 21.0. The quantitative estimate of drug-likeness (QED) is 0.623. The highest BCUT2D eigenvalue weighted by molar-refractivity contribution is 6.31. The Morgan fingerprint density at radius 1 is 1.08 bits per heavy atom. The van der Waals surface area contributed by atoms with Crippen LogP contribution in [0.5, 0.6) is 5.75 Å². The van der Waals surface area contributed by atoms with E-state index in [1.807, 2.05) is 13.8 Å². The maximum Gasteiger partial charge on any atom is 0.255 e. The first-order valence-corrected chi connectivity index (χ1v) is 13.1. The van der Waals surface area contributed by atoms with E-state index in [4.69, 9.17) is 16.3 Å². The number of ether oxygens (including phenoxy) is 1. The Morgan fingerprint density at radius 3 is 2.47 bits per heavy atom. The topological polar surface area (TPSA) is 108 Å². The Hall–Kier alpha value is -2.81. The van der Waals surface area contributed by atoms with Crippen molar-refractivity contribution >= 4 is 35.2 Å². The van der Waals surface area contributed by atoms with E-state index in [9.17, 15) is 19.2 Å². The molecule has 2 heterocycles. The van der Waals surface area contributed by atoms with Gasteiger partial charge in [0.2, 0.25) is 17.7 Å². The zero-order valence-corrected chi connectivity index (χ0v) is 22.1. The van der Waals surface area contributed by atoms with Crippen LogP contribution in [0.2, 0.25) is 5.02 Å². The molecule has 2 aliphatic heterocycles. The SMILES string of the molecule is CC(=O)N1CCC(C(=O)N2CCCCNC(=O)c3cc(Cl)ccc3OC[C@@H](C(C)C)NC(=O)C2)CC1. The molecule has 0 bridgehead atoms. The summed E-state index contributed by atoms with van der Waals surface area (Å²) in [5, 5.41) is 6.34. The van der Waals surface area contributed by atoms with Gasteiger partial charge in [0.05, 0.1) is 18.2 Å². The highest BCUT2D eigenvalue weighted by atomic mass is 35.5. The molecule has 36 heavy (non-hydrogen) atoms. The number of hydrogen-bond acceptors (Lipinski definition) is 5. The predicted molar refractivity (Wildman–Crippen MR) is 137 cm³/mol. The lowest BCUT2D eigenvalue weighted by Crippen LogP contribution is -2.50. The molecule has 2 aliphatic rings. The number of carbonyl (C=O) groups excluding carboxylic acids is 4. The molecule has 4 amide bonds. The van der Waals surface area contributed by atoms with Crippen molar-refractivity contribution in [3.05, 3.63) is 28.8 Å². The van der Waals surface area contributed by atoms with Gasteiger partial charge in [0, 0.05) is 44.0 Å². The van der Waals surface area contributed by atoms with Gasteiger partial charge in [-0.25, -0.2) is 0 Å². The lowest BCUT2D eigenvalue weighted by molar-refractivity contribution is -0.142. The third-order valence-corrected chi connectivity index (χ3v) is 7.07. The Kier molecular flexibility index (Phi) is 9.98. The highest BCUT2D eigenvalue weighted by Crippen LogP contribution is 2.24. The average Bonchev–Trinajstić information content (AvgIpc) is 2.85. The molecule has 9 nitrogen and oxygen atoms in total. The summed E-state index contributed by atoms with van der Waals surface area (Å²) < 4.78 is 5.96. The van der Waals surface area contributed by atoms with Crippen LogP contribution < -0.4 is 15.4 Å². The second-order valence-electron chi connectivity index (χ2n) is 9.87. The summed E-state index contributed by atoms with van der Waals surface area (Å²) in [4.78, 5) is 54.2. The van der Waals surface area contributed by atoms with Crippen LogP contribution >= 0.6 is 11.6 Å². The Morgan fingerprint density at radius 2 is 1.81 bits per heavy atom. The number of halogens is 1. The molecule has 198 valence electrons. The van der Waals surface area contributed by atoms with Crippen LogP contribution in [0, 0.1) is 11.8 Å². The van der Waals surface area contributed by atoms with Gasteiger partial charge >= 0.3 is 0 Å². The minimum atomic E-state index is -0.315. The molecule has 1 atom stereocenters. The molecule has 3 rings (SSSR count). The van der Waals surface area contributed by atoms with Gasteiger partial charge in [-0.2, -0.15) is 0 Å². The lowest BCUT2D eigenvalue weighted by Gasteiger charge is -2.34. The molecule has 0 aliphatic carbocycles. The zero-order valence-electron chi connectivity index (χ0n) is 21.3. The van der Waals surface area contributed by atoms with Crippen LogP contribution in [-0.4, -0.2) is 78.8 Å². The maximum atomic E-state index is 13.4. The van der Waals surface area contributed by atoms with Crippen molar-refractivity contribution in [3.63, 3.8) is 0 Å². The monoisotopic (exact) mass is 520 g/mol. The fraction of sp³-hybridized carbons (Fsp3) is 0.615. The van der Waals surface area contributed by atoms with Crippen molar-refractivity contribution in [2.24, 2.45) is 11.8 Å². The van der Waals surface area contributed by atoms with Gasteiger partial charge < -0.3 is 25.2 Å². The van der Waals surface area contributed by atoms with Crippen molar-refractivity contribution < 1.29 is 23.9 Å². The summed E-state index contributed by atoms with van der Waals surface area (Å²) in [7, 11) is 0. The molecule has 0 saturated carbocycles. The molecule has 0 spiro atoms. The maximum absolute atomic E-state index is 13.4. The van der Waals surface area contributed by atoms with Gasteiger partial charge in [0.25, 0.3) is 5.91 Å². The number of benzene rings is 1. The number of piperidine rings is 1. The molecule has 0 radical (unpaired) electrons. The summed E-state index contributed by atoms with van der Waals surface area (Å²) in [5.74, 6) is -0.304. The van der Waals surface area contributed by atoms with E-state index in [-0.39, 0.29) is 54.7 Å². The molecule has 10 heteroatoms. The number of likely N-dealkylation sites (tertiary alicyclic amines) is 1. The van der Waals surface area contributed by atoms with Gasteiger partial charge in [-0.3, -0.25) is 19.2 Å². The summed E-state index contributed by atoms with van der Waals surface area (Å²) >= 11 is 6.12. The number of fused-ring (bicyclic) bond motifs is 1. The van der Waals surface area contributed by atoms with E-state index in [2.05, 4.69) is 10.6 Å². The van der Waals surface area contributed by atoms with E-state index in [1.165, 1.54) is 6.92 Å². The first kappa shape index (κ1) is 27.8. The van der Waals surface area contributed by atoms with Gasteiger partial charge in [-0.05, 0) is 49.8 Å². The molecule has 1 fully saturated rings. The van der Waals surface area contributed by atoms with E-state index >= 15 is 0 Å². The Labute approximate surface area is 217 Å². The zero-order chi connectivity index (χ0) is 26.2. The number of nitrogens with one attached hydrogen (secondary N) is 2. The third kappa shape index (κ3) is 7.59. The van der Waals surface area contributed by atoms with Gasteiger partial charge in [0.1, 0.15) is 12.4 Å². The molecule has 2 N–H and O–H groups in total. The first-order chi connectivity index (χ1) is 17.2. The number of nitrogens with zero attached hydrogens (tertiary/aromatic N) is 2. The molecule has 1 saturated heterocycles. The first-order valence-electron chi connectivity index (χ1n) is 12.7. The predicted octanol–water partition coefficient (Wildman–Crippen LogP) is 2.47. The standard InChI is InChI=1S/C26H37ClN4O5/c1-17(2)22-16-36-23-7-6-20(27)14-21(23)25(34)28-10-4-5-11-31(15-24(33)29-22)26(35)19-8-12-30(13-9-19)18(3)32/h6-7,14,17,19,22H,4-5,8-13,15-16H2,1-3H3,(H,28,34)(H,29,33)/t22-/m0/s1. The van der Waals surface area contributed by atoms with E-state index in [0.29, 0.717) is 68.2 Å². The summed E-state index contributed by atoms with van der Waals surface area (Å²) in [5.41, 5.74) is 0.347. The smallest absolute Gasteiger partial charge is 0.255 e. The molecule has 1 aromatic rings. The van der Waals surface area contributed by atoms with Crippen LogP contribution in [0.3, 0.4) is 0 Å². The minimum Gasteiger partial charge on any atom is -0.491 e. The van der Waals surface area contributed by atoms with Crippen LogP contribution in [-0.2, 0) is 14.4 Å². The lowest BCUT2D eigenvalue weighted by atomic mass is 9.95. The summed E-state index contributed by atoms with van der Waals surface area (Å²) in [6.45, 7) is 7.56. The van der Waals surface area contributed by atoms with Crippen molar-refractivity contribution in [1.29, 1.82) is 0 Å². The van der Waals surface area contributed by atoms with Crippen molar-refractivity contribution in [2.45, 2.75) is 52.5 Å². The van der Waals surface area contributed by atoms with E-state index < -0.39 is 0 Å². The number of amides is 4. The Bertz CT molecular complexity index is 962. The van der Waals surface area contributed by atoms with Crippen molar-refractivity contribution in [2.75, 3.05) is 39.3 Å². The van der Waals surface area contributed by atoms with Gasteiger partial charge in [0.15, 0.2) is 0 Å². The second kappa shape index (κ2) is 12.9. The molecular weight excluding hydrogens is 484 g/mol. The minimum absolute atomic E-state index is 0.0166. The molecule has 0 unspecified atom stereocenters. The van der Waals surface area contributed by atoms with Crippen LogP contribution in [0.15, 0.2) is 18.2 Å². The van der Waals surface area contributed by atoms with Crippen LogP contribution in [0.4, 0.5) is 0 Å². The number of rotatable bonds is 2. The number of hydrogen-bond donors (Lipinski definition) is 2. The highest BCUT2D eigenvalue weighted by Gasteiger charge is 2.31. The molecular formula is C26H37ClN4O5. The molecule has 0 aromatic heterocycles. The van der Waals surface area contributed by atoms with Crippen LogP contribution in [0.1, 0.15) is 56.8 Å². The summed E-state index contributed by atoms with van der Waals surface area (Å²) in [6.07, 6.45) is 2.47. The summed E-state index contributed by atoms with van der Waals surface area (Å²) in [6, 6.07) is 4.58. The van der Waals surface area contributed by atoms with Crippen molar-refractivity contribution in [1.82, 2.24) is 20.4 Å². The fourth-order valence-corrected chi connectivity index (χ4v) is 4.68. The number of carbonyl (C=O) groups is 4. The van der Waals surface area contributed by atoms with E-state index in [1.54, 1.807) is 28.0 Å².